The van der Waals surface area contributed by atoms with E-state index in [-0.39, 0.29) is 23.9 Å². The SMILES string of the molecule is CC(C)(CNc1nc(-c2cc(C3=NCC=C3)n(Cc3ccccc3F)n2)ncc1F)C(F)(F)F. The molecule has 1 N–H and O–H groups in total. The maximum absolute atomic E-state index is 14.3. The van der Waals surface area contributed by atoms with Crippen molar-refractivity contribution in [3.05, 3.63) is 71.6 Å². The van der Waals surface area contributed by atoms with Crippen LogP contribution in [0.25, 0.3) is 11.5 Å². The molecular formula is C23H21F5N6. The van der Waals surface area contributed by atoms with E-state index in [0.29, 0.717) is 23.5 Å². The Morgan fingerprint density at radius 2 is 1.85 bits per heavy atom. The van der Waals surface area contributed by atoms with Crippen LogP contribution in [-0.4, -0.2) is 44.7 Å². The Bertz CT molecular complexity index is 1260. The largest absolute Gasteiger partial charge is 0.395 e. The molecular weight excluding hydrogens is 455 g/mol. The number of nitrogens with zero attached hydrogens (tertiary/aromatic N) is 5. The van der Waals surface area contributed by atoms with Crippen LogP contribution in [0.3, 0.4) is 0 Å². The molecule has 0 saturated carbocycles. The Morgan fingerprint density at radius 3 is 2.53 bits per heavy atom. The average molecular weight is 476 g/mol. The van der Waals surface area contributed by atoms with Crippen molar-refractivity contribution in [3.8, 4) is 11.5 Å². The van der Waals surface area contributed by atoms with Gasteiger partial charge in [0.05, 0.1) is 36.1 Å². The molecule has 0 saturated heterocycles. The third kappa shape index (κ3) is 4.82. The minimum atomic E-state index is -4.48. The van der Waals surface area contributed by atoms with Crippen LogP contribution in [0.5, 0.6) is 0 Å². The Kier molecular flexibility index (Phi) is 6.20. The van der Waals surface area contributed by atoms with Crippen molar-refractivity contribution in [3.63, 3.8) is 0 Å². The molecule has 0 spiro atoms. The van der Waals surface area contributed by atoms with Crippen molar-refractivity contribution in [2.45, 2.75) is 26.6 Å². The predicted octanol–water partition coefficient (Wildman–Crippen LogP) is 5.03. The van der Waals surface area contributed by atoms with E-state index in [1.165, 1.54) is 10.7 Å². The average Bonchev–Trinajstić information content (AvgIpc) is 3.44. The Balaban J connectivity index is 1.67. The Labute approximate surface area is 192 Å². The minimum Gasteiger partial charge on any atom is -0.367 e. The molecule has 0 bridgehead atoms. The number of rotatable bonds is 7. The fourth-order valence-corrected chi connectivity index (χ4v) is 3.19. The van der Waals surface area contributed by atoms with Gasteiger partial charge < -0.3 is 5.32 Å². The number of anilines is 1. The number of hydrogen-bond donors (Lipinski definition) is 1. The maximum atomic E-state index is 14.3. The molecule has 6 nitrogen and oxygen atoms in total. The van der Waals surface area contributed by atoms with Crippen molar-refractivity contribution in [1.29, 1.82) is 0 Å². The Morgan fingerprint density at radius 1 is 1.09 bits per heavy atom. The lowest BCUT2D eigenvalue weighted by molar-refractivity contribution is -0.206. The van der Waals surface area contributed by atoms with E-state index in [1.807, 2.05) is 6.08 Å². The summed E-state index contributed by atoms with van der Waals surface area (Å²) in [6, 6.07) is 7.89. The van der Waals surface area contributed by atoms with Gasteiger partial charge >= 0.3 is 6.18 Å². The molecule has 34 heavy (non-hydrogen) atoms. The lowest BCUT2D eigenvalue weighted by atomic mass is 9.93. The third-order valence-corrected chi connectivity index (χ3v) is 5.40. The molecule has 3 aromatic rings. The molecule has 1 aliphatic rings. The number of aliphatic imine (C=N–C) groups is 1. The van der Waals surface area contributed by atoms with E-state index < -0.39 is 29.8 Å². The van der Waals surface area contributed by atoms with Gasteiger partial charge in [-0.2, -0.15) is 18.3 Å². The second kappa shape index (κ2) is 8.96. The molecule has 11 heteroatoms. The van der Waals surface area contributed by atoms with Gasteiger partial charge in [0.1, 0.15) is 11.5 Å². The molecule has 0 fully saturated rings. The fraction of sp³-hybridized carbons (Fsp3) is 0.304. The normalized spacial score (nSPS) is 13.9. The molecule has 2 aromatic heterocycles. The highest BCUT2D eigenvalue weighted by Gasteiger charge is 2.47. The van der Waals surface area contributed by atoms with Gasteiger partial charge in [0.25, 0.3) is 0 Å². The number of alkyl halides is 3. The van der Waals surface area contributed by atoms with Crippen LogP contribution in [-0.2, 0) is 6.54 Å². The van der Waals surface area contributed by atoms with Gasteiger partial charge in [-0.05, 0) is 32.1 Å². The van der Waals surface area contributed by atoms with Gasteiger partial charge in [0, 0.05) is 12.1 Å². The number of halogens is 5. The zero-order valence-electron chi connectivity index (χ0n) is 18.4. The first-order valence-corrected chi connectivity index (χ1v) is 10.4. The summed E-state index contributed by atoms with van der Waals surface area (Å²) >= 11 is 0. The van der Waals surface area contributed by atoms with Crippen LogP contribution in [0.1, 0.15) is 25.1 Å². The number of hydrogen-bond acceptors (Lipinski definition) is 5. The van der Waals surface area contributed by atoms with Crippen molar-refractivity contribution in [1.82, 2.24) is 19.7 Å². The summed E-state index contributed by atoms with van der Waals surface area (Å²) in [5, 5.41) is 6.89. The van der Waals surface area contributed by atoms with Crippen molar-refractivity contribution >= 4 is 11.5 Å². The van der Waals surface area contributed by atoms with Gasteiger partial charge in [-0.15, -0.1) is 0 Å². The highest BCUT2D eigenvalue weighted by Crippen LogP contribution is 2.37. The van der Waals surface area contributed by atoms with Crippen molar-refractivity contribution in [2.75, 3.05) is 18.4 Å². The van der Waals surface area contributed by atoms with Crippen LogP contribution in [0.2, 0.25) is 0 Å². The molecule has 1 aromatic carbocycles. The second-order valence-electron chi connectivity index (χ2n) is 8.42. The number of allylic oxidation sites excluding steroid dienone is 1. The first-order valence-electron chi connectivity index (χ1n) is 10.4. The molecule has 0 amide bonds. The first-order chi connectivity index (χ1) is 16.0. The maximum Gasteiger partial charge on any atom is 0.395 e. The first kappa shape index (κ1) is 23.5. The second-order valence-corrected chi connectivity index (χ2v) is 8.42. The number of benzene rings is 1. The van der Waals surface area contributed by atoms with Gasteiger partial charge in [-0.25, -0.2) is 18.7 Å². The minimum absolute atomic E-state index is 0.00447. The highest BCUT2D eigenvalue weighted by molar-refractivity contribution is 6.09. The van der Waals surface area contributed by atoms with E-state index in [4.69, 9.17) is 0 Å². The van der Waals surface area contributed by atoms with Crippen molar-refractivity contribution in [2.24, 2.45) is 10.4 Å². The topological polar surface area (TPSA) is 68.0 Å². The smallest absolute Gasteiger partial charge is 0.367 e. The quantitative estimate of drug-likeness (QED) is 0.486. The lowest BCUT2D eigenvalue weighted by Gasteiger charge is -2.28. The summed E-state index contributed by atoms with van der Waals surface area (Å²) in [4.78, 5) is 12.4. The molecule has 178 valence electrons. The van der Waals surface area contributed by atoms with Crippen LogP contribution in [0.4, 0.5) is 27.8 Å². The van der Waals surface area contributed by atoms with Gasteiger partial charge in [-0.1, -0.05) is 24.3 Å². The van der Waals surface area contributed by atoms with Crippen LogP contribution in [0.15, 0.2) is 53.7 Å². The van der Waals surface area contributed by atoms with E-state index in [9.17, 15) is 22.0 Å². The van der Waals surface area contributed by atoms with E-state index >= 15 is 0 Å². The zero-order chi connectivity index (χ0) is 24.5. The van der Waals surface area contributed by atoms with Crippen LogP contribution >= 0.6 is 0 Å². The summed E-state index contributed by atoms with van der Waals surface area (Å²) in [5.74, 6) is -1.66. The van der Waals surface area contributed by atoms with Gasteiger partial charge in [-0.3, -0.25) is 9.67 Å². The van der Waals surface area contributed by atoms with Crippen LogP contribution in [0, 0.1) is 17.0 Å². The lowest BCUT2D eigenvalue weighted by Crippen LogP contribution is -2.38. The summed E-state index contributed by atoms with van der Waals surface area (Å²) in [6.45, 7) is 2.02. The summed E-state index contributed by atoms with van der Waals surface area (Å²) in [5.41, 5.74) is -0.258. The molecule has 4 rings (SSSR count). The molecule has 0 atom stereocenters. The van der Waals surface area contributed by atoms with Gasteiger partial charge in [0.15, 0.2) is 17.5 Å². The molecule has 0 unspecified atom stereocenters. The summed E-state index contributed by atoms with van der Waals surface area (Å²) in [7, 11) is 0. The Hall–Kier alpha value is -3.63. The number of aromatic nitrogens is 4. The van der Waals surface area contributed by atoms with E-state index in [0.717, 1.165) is 20.0 Å². The molecule has 0 aliphatic carbocycles. The molecule has 1 aliphatic heterocycles. The van der Waals surface area contributed by atoms with E-state index in [1.54, 1.807) is 30.3 Å². The monoisotopic (exact) mass is 476 g/mol. The summed E-state index contributed by atoms with van der Waals surface area (Å²) < 4.78 is 69.5. The van der Waals surface area contributed by atoms with Crippen LogP contribution < -0.4 is 5.32 Å². The van der Waals surface area contributed by atoms with Gasteiger partial charge in [0.2, 0.25) is 0 Å². The fourth-order valence-electron chi connectivity index (χ4n) is 3.19. The van der Waals surface area contributed by atoms with E-state index in [2.05, 4.69) is 25.4 Å². The zero-order valence-corrected chi connectivity index (χ0v) is 18.4. The highest BCUT2D eigenvalue weighted by atomic mass is 19.4. The molecule has 0 radical (unpaired) electrons. The van der Waals surface area contributed by atoms with Crippen molar-refractivity contribution < 1.29 is 22.0 Å². The third-order valence-electron chi connectivity index (χ3n) is 5.40. The standard InChI is InChI=1S/C23H21F5N6/c1-22(2,23(26,27)28)13-31-20-16(25)11-30-21(32-20)18-10-19(17-8-5-9-29-17)34(33-18)12-14-6-3-4-7-15(14)24/h3-8,10-11H,9,12-13H2,1-2H3,(H,30,31,32). The number of nitrogens with one attached hydrogen (secondary N) is 1. The summed E-state index contributed by atoms with van der Waals surface area (Å²) in [6.07, 6.45) is 0.0423. The molecule has 3 heterocycles. The predicted molar refractivity (Wildman–Crippen MR) is 118 cm³/mol.